The molecule has 1 aliphatic heterocycles. The highest BCUT2D eigenvalue weighted by atomic mass is 19.1. The Bertz CT molecular complexity index is 1580. The van der Waals surface area contributed by atoms with E-state index < -0.39 is 11.8 Å². The predicted molar refractivity (Wildman–Crippen MR) is 148 cm³/mol. The Morgan fingerprint density at radius 3 is 2.59 bits per heavy atom. The topological polar surface area (TPSA) is 112 Å². The third-order valence-corrected chi connectivity index (χ3v) is 7.99. The van der Waals surface area contributed by atoms with Crippen LogP contribution in [0.3, 0.4) is 0 Å². The second-order valence-electron chi connectivity index (χ2n) is 11.2. The Morgan fingerprint density at radius 2 is 1.92 bits per heavy atom. The van der Waals surface area contributed by atoms with E-state index in [2.05, 4.69) is 52.6 Å². The summed E-state index contributed by atoms with van der Waals surface area (Å²) in [6.07, 6.45) is 8.65. The Kier molecular flexibility index (Phi) is 5.94. The van der Waals surface area contributed by atoms with Crippen LogP contribution in [0.2, 0.25) is 0 Å². The van der Waals surface area contributed by atoms with Gasteiger partial charge in [-0.15, -0.1) is 5.53 Å². The maximum absolute atomic E-state index is 13.9. The van der Waals surface area contributed by atoms with Gasteiger partial charge in [0, 0.05) is 35.6 Å². The van der Waals surface area contributed by atoms with E-state index >= 15 is 0 Å². The van der Waals surface area contributed by atoms with Crippen molar-refractivity contribution in [1.82, 2.24) is 21.0 Å². The van der Waals surface area contributed by atoms with E-state index in [-0.39, 0.29) is 11.5 Å². The molecule has 0 amide bonds. The van der Waals surface area contributed by atoms with Crippen LogP contribution in [-0.2, 0) is 0 Å². The van der Waals surface area contributed by atoms with E-state index in [0.717, 1.165) is 32.1 Å². The molecule has 3 aromatic rings. The Hall–Kier alpha value is -4.34. The summed E-state index contributed by atoms with van der Waals surface area (Å²) in [6, 6.07) is 12.8. The standard InChI is InChI=1S/C30H31FN8/c1-30(2)11-3-4-26(30)36-28-20(15-33)16-34-27-19(14-32)12-22(13-24(27)28)35-29(18-5-7-21(31)8-6-18)25-17-39(38-37-25)23-9-10-23/h5-8,12-13,16-17,23,26,29,35,37-38H,3-4,9-11H2,1-2H3,(H,34,36)/t26?,29-/m1/s1/i29D. The van der Waals surface area contributed by atoms with Gasteiger partial charge in [-0.1, -0.05) is 32.4 Å². The van der Waals surface area contributed by atoms with Gasteiger partial charge < -0.3 is 16.1 Å². The Balaban J connectivity index is 1.47. The first-order chi connectivity index (χ1) is 19.2. The van der Waals surface area contributed by atoms with E-state index in [9.17, 15) is 16.3 Å². The molecule has 2 heterocycles. The number of nitrogens with one attached hydrogen (secondary N) is 4. The van der Waals surface area contributed by atoms with Gasteiger partial charge in [0.05, 0.1) is 35.4 Å². The lowest BCUT2D eigenvalue weighted by molar-refractivity contribution is 0.260. The predicted octanol–water partition coefficient (Wildman–Crippen LogP) is 5.59. The molecule has 2 atom stereocenters. The minimum atomic E-state index is -1.55. The highest BCUT2D eigenvalue weighted by Crippen LogP contribution is 2.41. The Labute approximate surface area is 228 Å². The highest BCUT2D eigenvalue weighted by Gasteiger charge is 2.35. The van der Waals surface area contributed by atoms with E-state index in [1.54, 1.807) is 18.2 Å². The molecule has 198 valence electrons. The lowest BCUT2D eigenvalue weighted by atomic mass is 9.87. The van der Waals surface area contributed by atoms with Crippen LogP contribution in [0.1, 0.15) is 70.0 Å². The molecule has 0 bridgehead atoms. The Morgan fingerprint density at radius 1 is 1.15 bits per heavy atom. The number of fused-ring (bicyclic) bond motifs is 1. The summed E-state index contributed by atoms with van der Waals surface area (Å²) >= 11 is 0. The summed E-state index contributed by atoms with van der Waals surface area (Å²) in [5.74, 6) is -0.393. The normalized spacial score (nSPS) is 21.8. The first kappa shape index (κ1) is 23.8. The molecule has 8 nitrogen and oxygen atoms in total. The molecule has 0 radical (unpaired) electrons. The fraction of sp³-hybridized carbons (Fsp3) is 0.367. The van der Waals surface area contributed by atoms with Gasteiger partial charge in [-0.3, -0.25) is 9.99 Å². The molecule has 2 saturated carbocycles. The maximum Gasteiger partial charge on any atom is 0.123 e. The number of hydrazine groups is 2. The van der Waals surface area contributed by atoms with Crippen LogP contribution in [0.4, 0.5) is 15.8 Å². The van der Waals surface area contributed by atoms with Crippen molar-refractivity contribution in [2.75, 3.05) is 10.6 Å². The zero-order valence-corrected chi connectivity index (χ0v) is 22.0. The molecule has 6 rings (SSSR count). The third-order valence-electron chi connectivity index (χ3n) is 7.99. The van der Waals surface area contributed by atoms with Crippen molar-refractivity contribution in [3.05, 3.63) is 77.0 Å². The van der Waals surface area contributed by atoms with Gasteiger partial charge in [-0.05, 0) is 60.9 Å². The van der Waals surface area contributed by atoms with Gasteiger partial charge in [0.2, 0.25) is 0 Å². The molecule has 9 heteroatoms. The van der Waals surface area contributed by atoms with E-state index in [1.165, 1.54) is 18.3 Å². The molecular formula is C30H31FN8. The molecule has 4 N–H and O–H groups in total. The second kappa shape index (κ2) is 9.76. The second-order valence-corrected chi connectivity index (χ2v) is 11.2. The third kappa shape index (κ3) is 4.82. The van der Waals surface area contributed by atoms with Crippen molar-refractivity contribution < 1.29 is 5.76 Å². The van der Waals surface area contributed by atoms with Crippen molar-refractivity contribution in [2.24, 2.45) is 5.41 Å². The first-order valence-corrected chi connectivity index (χ1v) is 13.3. The van der Waals surface area contributed by atoms with E-state index in [0.29, 0.717) is 50.7 Å². The summed E-state index contributed by atoms with van der Waals surface area (Å²) in [5.41, 5.74) is 9.68. The number of nitriles is 2. The highest BCUT2D eigenvalue weighted by molar-refractivity contribution is 5.99. The van der Waals surface area contributed by atoms with Crippen LogP contribution in [0.5, 0.6) is 0 Å². The minimum absolute atomic E-state index is 0.0518. The smallest absolute Gasteiger partial charge is 0.123 e. The zero-order chi connectivity index (χ0) is 28.1. The SMILES string of the molecule is [2H][C@](Nc1cc(C#N)c2ncc(C#N)c(NC3CCCC3(C)C)c2c1)(C1=CN(C2CC2)NN1)c1ccc(F)cc1. The van der Waals surface area contributed by atoms with Gasteiger partial charge in [0.25, 0.3) is 0 Å². The molecule has 2 aromatic carbocycles. The molecule has 2 fully saturated rings. The minimum Gasteiger partial charge on any atom is -0.380 e. The average Bonchev–Trinajstić information content (AvgIpc) is 3.57. The maximum atomic E-state index is 13.9. The number of aromatic nitrogens is 1. The van der Waals surface area contributed by atoms with Crippen molar-refractivity contribution >= 4 is 22.3 Å². The van der Waals surface area contributed by atoms with Crippen molar-refractivity contribution in [1.29, 1.82) is 10.5 Å². The molecule has 1 unspecified atom stereocenters. The fourth-order valence-electron chi connectivity index (χ4n) is 5.53. The van der Waals surface area contributed by atoms with Crippen molar-refractivity contribution in [3.8, 4) is 12.1 Å². The van der Waals surface area contributed by atoms with Crippen LogP contribution in [0, 0.1) is 33.9 Å². The number of pyridine rings is 1. The van der Waals surface area contributed by atoms with Crippen molar-refractivity contribution in [2.45, 2.75) is 64.1 Å². The zero-order valence-electron chi connectivity index (χ0n) is 23.0. The van der Waals surface area contributed by atoms with Crippen LogP contribution in [-0.4, -0.2) is 22.1 Å². The van der Waals surface area contributed by atoms with Gasteiger partial charge in [0.1, 0.15) is 18.0 Å². The number of nitrogens with zero attached hydrogens (tertiary/aromatic N) is 4. The van der Waals surface area contributed by atoms with Gasteiger partial charge in [-0.25, -0.2) is 4.39 Å². The fourth-order valence-corrected chi connectivity index (χ4v) is 5.53. The monoisotopic (exact) mass is 523 g/mol. The molecule has 2 aliphatic carbocycles. The average molecular weight is 524 g/mol. The van der Waals surface area contributed by atoms with Crippen LogP contribution in [0.15, 0.2) is 54.5 Å². The van der Waals surface area contributed by atoms with Crippen LogP contribution in [0.25, 0.3) is 10.9 Å². The number of benzene rings is 2. The summed E-state index contributed by atoms with van der Waals surface area (Å²) < 4.78 is 23.5. The van der Waals surface area contributed by atoms with Gasteiger partial charge in [-0.2, -0.15) is 10.5 Å². The molecule has 0 saturated heterocycles. The number of halogens is 1. The molecule has 39 heavy (non-hydrogen) atoms. The number of hydrogen-bond donors (Lipinski definition) is 4. The van der Waals surface area contributed by atoms with Gasteiger partial charge in [0.15, 0.2) is 0 Å². The van der Waals surface area contributed by atoms with Crippen molar-refractivity contribution in [3.63, 3.8) is 0 Å². The molecule has 3 aliphatic rings. The van der Waals surface area contributed by atoms with E-state index in [1.807, 2.05) is 17.3 Å². The quantitative estimate of drug-likeness (QED) is 0.317. The first-order valence-electron chi connectivity index (χ1n) is 13.8. The van der Waals surface area contributed by atoms with Gasteiger partial charge >= 0.3 is 0 Å². The molecular weight excluding hydrogens is 491 g/mol. The van der Waals surface area contributed by atoms with Crippen LogP contribution < -0.4 is 21.6 Å². The lowest BCUT2D eigenvalue weighted by Gasteiger charge is -2.29. The molecule has 0 spiro atoms. The largest absolute Gasteiger partial charge is 0.380 e. The van der Waals surface area contributed by atoms with Crippen LogP contribution >= 0.6 is 0 Å². The molecule has 1 aromatic heterocycles. The number of rotatable bonds is 7. The number of anilines is 2. The number of hydrogen-bond acceptors (Lipinski definition) is 8. The summed E-state index contributed by atoms with van der Waals surface area (Å²) in [4.78, 5) is 4.47. The lowest BCUT2D eigenvalue weighted by Crippen LogP contribution is -2.38. The summed E-state index contributed by atoms with van der Waals surface area (Å²) in [7, 11) is 0. The summed E-state index contributed by atoms with van der Waals surface area (Å²) in [5, 5.41) is 29.5. The summed E-state index contributed by atoms with van der Waals surface area (Å²) in [6.45, 7) is 4.44. The van der Waals surface area contributed by atoms with E-state index in [4.69, 9.17) is 0 Å².